The number of alkyl halides is 1. The highest BCUT2D eigenvalue weighted by Gasteiger charge is 2.11. The van der Waals surface area contributed by atoms with E-state index in [0.29, 0.717) is 0 Å². The molecule has 0 spiro atoms. The molecule has 1 aromatic heterocycles. The average Bonchev–Trinajstić information content (AvgIpc) is 2.55. The molecule has 0 radical (unpaired) electrons. The summed E-state index contributed by atoms with van der Waals surface area (Å²) in [6.45, 7) is 1.95. The molecular weight excluding hydrogens is 220 g/mol. The summed E-state index contributed by atoms with van der Waals surface area (Å²) < 4.78 is 1.63. The Hall–Kier alpha value is -0.770. The minimum atomic E-state index is -0.111. The molecule has 0 bridgehead atoms. The number of nitrogens with zero attached hydrogens (tertiary/aromatic N) is 1. The van der Waals surface area contributed by atoms with Crippen molar-refractivity contribution in [3.8, 4) is 0 Å². The van der Waals surface area contributed by atoms with Crippen molar-refractivity contribution in [2.75, 3.05) is 5.43 Å². The SMILES string of the molecule is CCC(Br)C(=O)Nn1cccc1. The third-order valence-electron chi connectivity index (χ3n) is 1.49. The summed E-state index contributed by atoms with van der Waals surface area (Å²) in [7, 11) is 0. The molecule has 0 aromatic carbocycles. The topological polar surface area (TPSA) is 34.0 Å². The maximum Gasteiger partial charge on any atom is 0.252 e. The van der Waals surface area contributed by atoms with Crippen molar-refractivity contribution in [3.63, 3.8) is 0 Å². The van der Waals surface area contributed by atoms with Crippen LogP contribution in [0, 0.1) is 0 Å². The summed E-state index contributed by atoms with van der Waals surface area (Å²) in [6, 6.07) is 3.71. The number of hydrogen-bond acceptors (Lipinski definition) is 1. The van der Waals surface area contributed by atoms with Crippen LogP contribution in [-0.4, -0.2) is 15.4 Å². The molecule has 3 nitrogen and oxygen atoms in total. The third-order valence-corrected chi connectivity index (χ3v) is 2.55. The van der Waals surface area contributed by atoms with Crippen LogP contribution in [0.25, 0.3) is 0 Å². The molecule has 1 atom stereocenters. The van der Waals surface area contributed by atoms with Crippen molar-refractivity contribution in [3.05, 3.63) is 24.5 Å². The summed E-state index contributed by atoms with van der Waals surface area (Å²) in [5.41, 5.74) is 2.70. The fraction of sp³-hybridized carbons (Fsp3) is 0.375. The molecule has 4 heteroatoms. The van der Waals surface area contributed by atoms with Gasteiger partial charge in [0.1, 0.15) is 0 Å². The van der Waals surface area contributed by atoms with Crippen LogP contribution in [0.15, 0.2) is 24.5 Å². The van der Waals surface area contributed by atoms with Gasteiger partial charge in [0.2, 0.25) is 0 Å². The quantitative estimate of drug-likeness (QED) is 0.789. The Morgan fingerprint density at radius 2 is 2.17 bits per heavy atom. The van der Waals surface area contributed by atoms with Crippen LogP contribution in [0.4, 0.5) is 0 Å². The van der Waals surface area contributed by atoms with Gasteiger partial charge < -0.3 is 0 Å². The summed E-state index contributed by atoms with van der Waals surface area (Å²) in [5.74, 6) is -0.0197. The molecule has 1 aromatic rings. The summed E-state index contributed by atoms with van der Waals surface area (Å²) >= 11 is 3.26. The molecule has 1 heterocycles. The van der Waals surface area contributed by atoms with Crippen LogP contribution in [0.1, 0.15) is 13.3 Å². The molecule has 0 saturated heterocycles. The van der Waals surface area contributed by atoms with E-state index in [4.69, 9.17) is 0 Å². The summed E-state index contributed by atoms with van der Waals surface area (Å²) in [5, 5.41) is 0. The van der Waals surface area contributed by atoms with Gasteiger partial charge in [0.15, 0.2) is 0 Å². The van der Waals surface area contributed by atoms with Gasteiger partial charge in [-0.15, -0.1) is 0 Å². The molecule has 0 saturated carbocycles. The van der Waals surface area contributed by atoms with Crippen molar-refractivity contribution >= 4 is 21.8 Å². The van der Waals surface area contributed by atoms with Crippen molar-refractivity contribution < 1.29 is 4.79 Å². The monoisotopic (exact) mass is 230 g/mol. The maximum absolute atomic E-state index is 11.3. The van der Waals surface area contributed by atoms with E-state index >= 15 is 0 Å². The summed E-state index contributed by atoms with van der Waals surface area (Å²) in [4.78, 5) is 11.2. The van der Waals surface area contributed by atoms with E-state index in [2.05, 4.69) is 21.4 Å². The highest BCUT2D eigenvalue weighted by atomic mass is 79.9. The number of amides is 1. The number of hydrogen-bond donors (Lipinski definition) is 1. The first-order valence-electron chi connectivity index (χ1n) is 3.82. The number of nitrogens with one attached hydrogen (secondary N) is 1. The van der Waals surface area contributed by atoms with Crippen molar-refractivity contribution in [2.24, 2.45) is 0 Å². The van der Waals surface area contributed by atoms with Gasteiger partial charge in [-0.05, 0) is 18.6 Å². The molecule has 66 valence electrons. The van der Waals surface area contributed by atoms with Gasteiger partial charge in [-0.3, -0.25) is 14.9 Å². The molecular formula is C8H11BrN2O. The number of carbonyl (C=O) groups is 1. The fourth-order valence-corrected chi connectivity index (χ4v) is 0.894. The Labute approximate surface area is 79.9 Å². The van der Waals surface area contributed by atoms with Crippen LogP contribution in [0.2, 0.25) is 0 Å². The Morgan fingerprint density at radius 3 is 2.67 bits per heavy atom. The Balaban J connectivity index is 2.47. The molecule has 12 heavy (non-hydrogen) atoms. The standard InChI is InChI=1S/C8H11BrN2O/c1-2-7(9)8(12)10-11-5-3-4-6-11/h3-7H,2H2,1H3,(H,10,12). The van der Waals surface area contributed by atoms with Crippen molar-refractivity contribution in [1.29, 1.82) is 0 Å². The predicted molar refractivity (Wildman–Crippen MR) is 51.8 cm³/mol. The zero-order valence-electron chi connectivity index (χ0n) is 6.83. The van der Waals surface area contributed by atoms with Crippen molar-refractivity contribution in [1.82, 2.24) is 4.68 Å². The molecule has 0 aliphatic carbocycles. The average molecular weight is 231 g/mol. The first kappa shape index (κ1) is 9.32. The molecule has 1 amide bonds. The lowest BCUT2D eigenvalue weighted by Gasteiger charge is -2.08. The lowest BCUT2D eigenvalue weighted by Crippen LogP contribution is -2.28. The van der Waals surface area contributed by atoms with E-state index in [1.54, 1.807) is 17.1 Å². The van der Waals surface area contributed by atoms with Gasteiger partial charge in [0.25, 0.3) is 5.91 Å². The molecule has 0 fully saturated rings. The normalized spacial score (nSPS) is 12.5. The van der Waals surface area contributed by atoms with Crippen LogP contribution in [-0.2, 0) is 4.79 Å². The van der Waals surface area contributed by atoms with E-state index in [1.807, 2.05) is 19.1 Å². The fourth-order valence-electron chi connectivity index (χ4n) is 0.792. The Bertz CT molecular complexity index is 246. The lowest BCUT2D eigenvalue weighted by atomic mass is 10.3. The van der Waals surface area contributed by atoms with E-state index in [1.165, 1.54) is 0 Å². The second kappa shape index (κ2) is 4.30. The number of halogens is 1. The maximum atomic E-state index is 11.3. The van der Waals surface area contributed by atoms with E-state index in [9.17, 15) is 4.79 Å². The minimum Gasteiger partial charge on any atom is -0.272 e. The highest BCUT2D eigenvalue weighted by molar-refractivity contribution is 9.10. The van der Waals surface area contributed by atoms with Gasteiger partial charge in [-0.2, -0.15) is 0 Å². The second-order valence-electron chi connectivity index (χ2n) is 2.44. The molecule has 0 aliphatic rings. The van der Waals surface area contributed by atoms with Gasteiger partial charge in [-0.25, -0.2) is 0 Å². The second-order valence-corrected chi connectivity index (χ2v) is 3.55. The smallest absolute Gasteiger partial charge is 0.252 e. The molecule has 1 unspecified atom stereocenters. The Kier molecular flexibility index (Phi) is 3.34. The lowest BCUT2D eigenvalue weighted by molar-refractivity contribution is -0.116. The van der Waals surface area contributed by atoms with Crippen LogP contribution in [0.5, 0.6) is 0 Å². The van der Waals surface area contributed by atoms with Gasteiger partial charge >= 0.3 is 0 Å². The van der Waals surface area contributed by atoms with Gasteiger partial charge in [-0.1, -0.05) is 22.9 Å². The first-order chi connectivity index (χ1) is 5.74. The Morgan fingerprint density at radius 1 is 1.58 bits per heavy atom. The number of aromatic nitrogens is 1. The van der Waals surface area contributed by atoms with Gasteiger partial charge in [0, 0.05) is 12.4 Å². The van der Waals surface area contributed by atoms with E-state index in [0.717, 1.165) is 6.42 Å². The molecule has 0 aliphatic heterocycles. The minimum absolute atomic E-state index is 0.0197. The summed E-state index contributed by atoms with van der Waals surface area (Å²) in [6.07, 6.45) is 4.35. The highest BCUT2D eigenvalue weighted by Crippen LogP contribution is 2.04. The zero-order valence-corrected chi connectivity index (χ0v) is 8.41. The van der Waals surface area contributed by atoms with Crippen LogP contribution < -0.4 is 5.43 Å². The third kappa shape index (κ3) is 2.37. The zero-order chi connectivity index (χ0) is 8.97. The van der Waals surface area contributed by atoms with Crippen LogP contribution in [0.3, 0.4) is 0 Å². The van der Waals surface area contributed by atoms with E-state index < -0.39 is 0 Å². The van der Waals surface area contributed by atoms with Gasteiger partial charge in [0.05, 0.1) is 4.83 Å². The van der Waals surface area contributed by atoms with Crippen LogP contribution >= 0.6 is 15.9 Å². The van der Waals surface area contributed by atoms with Crippen molar-refractivity contribution in [2.45, 2.75) is 18.2 Å². The molecule has 1 rings (SSSR count). The first-order valence-corrected chi connectivity index (χ1v) is 4.73. The predicted octanol–water partition coefficient (Wildman–Crippen LogP) is 1.73. The van der Waals surface area contributed by atoms with E-state index in [-0.39, 0.29) is 10.7 Å². The number of carbonyl (C=O) groups excluding carboxylic acids is 1. The molecule has 1 N–H and O–H groups in total. The number of rotatable bonds is 3. The largest absolute Gasteiger partial charge is 0.272 e.